The number of fused-ring (bicyclic) bond motifs is 1. The molecule has 26 heavy (non-hydrogen) atoms. The van der Waals surface area contributed by atoms with Gasteiger partial charge >= 0.3 is 0 Å². The van der Waals surface area contributed by atoms with Crippen molar-refractivity contribution in [3.05, 3.63) is 18.2 Å². The predicted molar refractivity (Wildman–Crippen MR) is 100 cm³/mol. The lowest BCUT2D eigenvalue weighted by Crippen LogP contribution is -2.41. The first-order valence-corrected chi connectivity index (χ1v) is 9.42. The number of rotatable bonds is 4. The molecule has 0 radical (unpaired) electrons. The zero-order valence-corrected chi connectivity index (χ0v) is 15.0. The van der Waals surface area contributed by atoms with Crippen LogP contribution in [0, 0.1) is 0 Å². The molecule has 7 heteroatoms. The maximum atomic E-state index is 12.1. The Kier molecular flexibility index (Phi) is 4.58. The van der Waals surface area contributed by atoms with Gasteiger partial charge in [0.2, 0.25) is 5.95 Å². The number of nitrogens with zero attached hydrogens (tertiary/aromatic N) is 3. The van der Waals surface area contributed by atoms with Crippen molar-refractivity contribution in [2.75, 3.05) is 37.0 Å². The zero-order valence-electron chi connectivity index (χ0n) is 15.0. The average molecular weight is 358 g/mol. The van der Waals surface area contributed by atoms with Crippen molar-refractivity contribution in [3.8, 4) is 0 Å². The number of anilines is 2. The van der Waals surface area contributed by atoms with Crippen molar-refractivity contribution >= 4 is 28.6 Å². The molecule has 0 atom stereocenters. The topological polar surface area (TPSA) is 93.6 Å². The Bertz CT molecular complexity index is 805. The first kappa shape index (κ1) is 17.3. The number of carbonyl (C=O) groups excluding carboxylic acids is 1. The first-order valence-electron chi connectivity index (χ1n) is 9.42. The van der Waals surface area contributed by atoms with E-state index in [-0.39, 0.29) is 24.7 Å². The van der Waals surface area contributed by atoms with E-state index in [1.807, 2.05) is 18.2 Å². The van der Waals surface area contributed by atoms with Gasteiger partial charge in [-0.25, -0.2) is 4.98 Å². The molecule has 7 nitrogen and oxygen atoms in total. The van der Waals surface area contributed by atoms with Gasteiger partial charge in [-0.1, -0.05) is 19.3 Å². The van der Waals surface area contributed by atoms with E-state index < -0.39 is 0 Å². The van der Waals surface area contributed by atoms with E-state index in [9.17, 15) is 9.90 Å². The third-order valence-electron chi connectivity index (χ3n) is 5.80. The van der Waals surface area contributed by atoms with Gasteiger partial charge in [-0.3, -0.25) is 4.79 Å². The van der Waals surface area contributed by atoms with Crippen molar-refractivity contribution in [1.82, 2.24) is 9.55 Å². The fourth-order valence-electron chi connectivity index (χ4n) is 4.55. The lowest BCUT2D eigenvalue weighted by atomic mass is 9.79. The lowest BCUT2D eigenvalue weighted by Gasteiger charge is -2.39. The van der Waals surface area contributed by atoms with Gasteiger partial charge in [0.1, 0.15) is 6.61 Å². The number of aromatic nitrogens is 2. The molecule has 140 valence electrons. The van der Waals surface area contributed by atoms with Gasteiger partial charge in [0.15, 0.2) is 0 Å². The molecule has 1 saturated heterocycles. The molecule has 1 aliphatic carbocycles. The van der Waals surface area contributed by atoms with Crippen LogP contribution in [-0.2, 0) is 15.1 Å². The number of aliphatic hydroxyl groups excluding tert-OH is 1. The summed E-state index contributed by atoms with van der Waals surface area (Å²) in [6, 6.07) is 5.89. The number of nitrogen functional groups attached to an aromatic ring is 1. The maximum Gasteiger partial charge on any atom is 0.253 e. The summed E-state index contributed by atoms with van der Waals surface area (Å²) < 4.78 is 7.34. The van der Waals surface area contributed by atoms with Gasteiger partial charge in [0.25, 0.3) is 5.91 Å². The highest BCUT2D eigenvalue weighted by molar-refractivity contribution is 5.96. The summed E-state index contributed by atoms with van der Waals surface area (Å²) in [5.74, 6) is 0.452. The number of benzene rings is 1. The number of nitrogens with two attached hydrogens (primary N) is 1. The standard InChI is InChI=1S/C19H26N4O3/c20-18-21-15-12-14(22-9-11-26-13-17(22)25)4-5-16(15)23(18)19(8-10-24)6-2-1-3-7-19/h4-5,12,24H,1-3,6-11,13H2,(H2,20,21). The minimum Gasteiger partial charge on any atom is -0.396 e. The van der Waals surface area contributed by atoms with E-state index in [1.165, 1.54) is 6.42 Å². The van der Waals surface area contributed by atoms with Crippen LogP contribution in [0.1, 0.15) is 38.5 Å². The third-order valence-corrected chi connectivity index (χ3v) is 5.80. The molecule has 2 aliphatic rings. The Labute approximate surface area is 152 Å². The summed E-state index contributed by atoms with van der Waals surface area (Å²) in [5.41, 5.74) is 8.76. The highest BCUT2D eigenvalue weighted by Crippen LogP contribution is 2.42. The molecule has 0 spiro atoms. The third kappa shape index (κ3) is 2.85. The van der Waals surface area contributed by atoms with Crippen LogP contribution < -0.4 is 10.6 Å². The molecule has 4 rings (SSSR count). The number of imidazole rings is 1. The molecular weight excluding hydrogens is 332 g/mol. The number of hydrogen-bond donors (Lipinski definition) is 2. The van der Waals surface area contributed by atoms with Gasteiger partial charge < -0.3 is 25.0 Å². The molecule has 0 bridgehead atoms. The normalized spacial score (nSPS) is 20.7. The van der Waals surface area contributed by atoms with Crippen LogP contribution in [0.15, 0.2) is 18.2 Å². The Morgan fingerprint density at radius 2 is 2.08 bits per heavy atom. The predicted octanol–water partition coefficient (Wildman–Crippen LogP) is 2.02. The van der Waals surface area contributed by atoms with Crippen LogP contribution in [0.4, 0.5) is 11.6 Å². The second kappa shape index (κ2) is 6.89. The number of ether oxygens (including phenoxy) is 1. The molecule has 0 unspecified atom stereocenters. The molecule has 1 saturated carbocycles. The van der Waals surface area contributed by atoms with Crippen LogP contribution in [0.3, 0.4) is 0 Å². The molecule has 1 aromatic carbocycles. The highest BCUT2D eigenvalue weighted by atomic mass is 16.5. The van der Waals surface area contributed by atoms with Crippen LogP contribution in [0.5, 0.6) is 0 Å². The largest absolute Gasteiger partial charge is 0.396 e. The van der Waals surface area contributed by atoms with Crippen molar-refractivity contribution in [2.45, 2.75) is 44.1 Å². The van der Waals surface area contributed by atoms with E-state index in [0.29, 0.717) is 25.5 Å². The fourth-order valence-corrected chi connectivity index (χ4v) is 4.55. The average Bonchev–Trinajstić information content (AvgIpc) is 2.98. The quantitative estimate of drug-likeness (QED) is 0.872. The number of aliphatic hydroxyl groups is 1. The Hall–Kier alpha value is -2.12. The smallest absolute Gasteiger partial charge is 0.253 e. The van der Waals surface area contributed by atoms with Crippen molar-refractivity contribution < 1.29 is 14.6 Å². The first-order chi connectivity index (χ1) is 12.6. The monoisotopic (exact) mass is 358 g/mol. The molecule has 1 aromatic heterocycles. The molecule has 2 heterocycles. The van der Waals surface area contributed by atoms with E-state index in [2.05, 4.69) is 9.55 Å². The van der Waals surface area contributed by atoms with E-state index in [0.717, 1.165) is 42.4 Å². The second-order valence-corrected chi connectivity index (χ2v) is 7.34. The summed E-state index contributed by atoms with van der Waals surface area (Å²) in [6.07, 6.45) is 6.20. The maximum absolute atomic E-state index is 12.1. The van der Waals surface area contributed by atoms with E-state index in [1.54, 1.807) is 4.90 Å². The van der Waals surface area contributed by atoms with Gasteiger partial charge in [-0.2, -0.15) is 0 Å². The minimum absolute atomic E-state index is 0.0352. The lowest BCUT2D eigenvalue weighted by molar-refractivity contribution is -0.125. The molecule has 3 N–H and O–H groups in total. The van der Waals surface area contributed by atoms with Crippen LogP contribution >= 0.6 is 0 Å². The molecule has 1 aliphatic heterocycles. The van der Waals surface area contributed by atoms with Gasteiger partial charge in [-0.05, 0) is 37.5 Å². The van der Waals surface area contributed by atoms with Crippen LogP contribution in [0.2, 0.25) is 0 Å². The Morgan fingerprint density at radius 3 is 2.81 bits per heavy atom. The fraction of sp³-hybridized carbons (Fsp3) is 0.579. The van der Waals surface area contributed by atoms with Crippen LogP contribution in [-0.4, -0.2) is 46.9 Å². The van der Waals surface area contributed by atoms with Crippen LogP contribution in [0.25, 0.3) is 11.0 Å². The zero-order chi connectivity index (χ0) is 18.1. The number of morpholine rings is 1. The van der Waals surface area contributed by atoms with E-state index in [4.69, 9.17) is 10.5 Å². The minimum atomic E-state index is -0.165. The second-order valence-electron chi connectivity index (χ2n) is 7.34. The number of carbonyl (C=O) groups is 1. The molecule has 1 amide bonds. The summed E-state index contributed by atoms with van der Waals surface area (Å²) in [5, 5.41) is 9.66. The molecule has 2 fully saturated rings. The summed E-state index contributed by atoms with van der Waals surface area (Å²) in [4.78, 5) is 18.4. The van der Waals surface area contributed by atoms with Gasteiger partial charge in [-0.15, -0.1) is 0 Å². The van der Waals surface area contributed by atoms with Gasteiger partial charge in [0, 0.05) is 18.8 Å². The molecule has 2 aromatic rings. The van der Waals surface area contributed by atoms with E-state index >= 15 is 0 Å². The number of amides is 1. The summed E-state index contributed by atoms with van der Waals surface area (Å²) in [6.45, 7) is 1.35. The van der Waals surface area contributed by atoms with Crippen molar-refractivity contribution in [2.24, 2.45) is 0 Å². The van der Waals surface area contributed by atoms with Crippen molar-refractivity contribution in [3.63, 3.8) is 0 Å². The van der Waals surface area contributed by atoms with Crippen molar-refractivity contribution in [1.29, 1.82) is 0 Å². The summed E-state index contributed by atoms with van der Waals surface area (Å²) in [7, 11) is 0. The Balaban J connectivity index is 1.77. The molecular formula is C19H26N4O3. The van der Waals surface area contributed by atoms with Gasteiger partial charge in [0.05, 0.1) is 23.2 Å². The highest BCUT2D eigenvalue weighted by Gasteiger charge is 2.36. The Morgan fingerprint density at radius 1 is 1.27 bits per heavy atom. The number of hydrogen-bond acceptors (Lipinski definition) is 5. The SMILES string of the molecule is Nc1nc2cc(N3CCOCC3=O)ccc2n1C1(CCO)CCCCC1. The summed E-state index contributed by atoms with van der Waals surface area (Å²) >= 11 is 0.